The number of anilines is 1. The summed E-state index contributed by atoms with van der Waals surface area (Å²) in [6.07, 6.45) is 4.18. The molecule has 1 aliphatic heterocycles. The summed E-state index contributed by atoms with van der Waals surface area (Å²) in [7, 11) is 0. The van der Waals surface area contributed by atoms with Gasteiger partial charge in [0.2, 0.25) is 0 Å². The minimum Gasteiger partial charge on any atom is -0.385 e. The molecular formula is C22H21ClN2O2. The normalized spacial score (nSPS) is 16.4. The zero-order valence-electron chi connectivity index (χ0n) is 14.9. The highest BCUT2D eigenvalue weighted by Crippen LogP contribution is 2.39. The maximum atomic E-state index is 11.2. The Morgan fingerprint density at radius 3 is 2.59 bits per heavy atom. The molecule has 0 bridgehead atoms. The van der Waals surface area contributed by atoms with Gasteiger partial charge in [-0.3, -0.25) is 4.98 Å². The van der Waals surface area contributed by atoms with Crippen LogP contribution in [0.5, 0.6) is 0 Å². The number of piperidine rings is 1. The van der Waals surface area contributed by atoms with Crippen LogP contribution in [-0.4, -0.2) is 29.5 Å². The van der Waals surface area contributed by atoms with Gasteiger partial charge in [-0.2, -0.15) is 0 Å². The zero-order valence-corrected chi connectivity index (χ0v) is 15.7. The van der Waals surface area contributed by atoms with Gasteiger partial charge in [0.1, 0.15) is 6.29 Å². The summed E-state index contributed by atoms with van der Waals surface area (Å²) in [5.41, 5.74) is 2.78. The number of nitrogens with zero attached hydrogens (tertiary/aromatic N) is 2. The first-order chi connectivity index (χ1) is 13.1. The highest BCUT2D eigenvalue weighted by Gasteiger charge is 2.35. The number of aromatic nitrogens is 1. The van der Waals surface area contributed by atoms with E-state index < -0.39 is 5.60 Å². The second-order valence-corrected chi connectivity index (χ2v) is 7.43. The Balaban J connectivity index is 1.70. The van der Waals surface area contributed by atoms with E-state index in [1.807, 2.05) is 48.5 Å². The van der Waals surface area contributed by atoms with Gasteiger partial charge in [-0.25, -0.2) is 0 Å². The van der Waals surface area contributed by atoms with Crippen LogP contribution >= 0.6 is 11.6 Å². The van der Waals surface area contributed by atoms with Gasteiger partial charge in [-0.05, 0) is 42.2 Å². The smallest absolute Gasteiger partial charge is 0.124 e. The lowest BCUT2D eigenvalue weighted by Crippen LogP contribution is -2.43. The van der Waals surface area contributed by atoms with Gasteiger partial charge in [-0.1, -0.05) is 41.9 Å². The molecule has 4 nitrogen and oxygen atoms in total. The van der Waals surface area contributed by atoms with Crippen LogP contribution in [0, 0.1) is 0 Å². The van der Waals surface area contributed by atoms with Crippen molar-refractivity contribution in [3.8, 4) is 0 Å². The standard InChI is InChI=1S/C22H21ClN2O2/c23-19-15-16(8-14-26)21(20-18(19)7-4-11-24-20)25-12-9-22(27,10-13-25)17-5-2-1-3-6-17/h1-7,11,14-15,27H,8-10,12-13H2. The molecule has 138 valence electrons. The molecule has 0 radical (unpaired) electrons. The molecule has 0 unspecified atom stereocenters. The molecule has 2 aromatic carbocycles. The van der Waals surface area contributed by atoms with Crippen LogP contribution < -0.4 is 4.90 Å². The summed E-state index contributed by atoms with van der Waals surface area (Å²) < 4.78 is 0. The van der Waals surface area contributed by atoms with Crippen LogP contribution in [0.3, 0.4) is 0 Å². The third-order valence-corrected chi connectivity index (χ3v) is 5.73. The zero-order chi connectivity index (χ0) is 18.9. The Kier molecular flexibility index (Phi) is 4.85. The van der Waals surface area contributed by atoms with Crippen molar-refractivity contribution in [2.24, 2.45) is 0 Å². The number of pyridine rings is 1. The quantitative estimate of drug-likeness (QED) is 0.692. The van der Waals surface area contributed by atoms with E-state index >= 15 is 0 Å². The second-order valence-electron chi connectivity index (χ2n) is 7.02. The van der Waals surface area contributed by atoms with E-state index in [0.29, 0.717) is 37.4 Å². The van der Waals surface area contributed by atoms with E-state index in [1.54, 1.807) is 6.20 Å². The molecule has 1 fully saturated rings. The third kappa shape index (κ3) is 3.31. The van der Waals surface area contributed by atoms with Gasteiger partial charge in [0.05, 0.1) is 21.8 Å². The van der Waals surface area contributed by atoms with Crippen molar-refractivity contribution in [2.75, 3.05) is 18.0 Å². The highest BCUT2D eigenvalue weighted by atomic mass is 35.5. The Morgan fingerprint density at radius 2 is 1.89 bits per heavy atom. The van der Waals surface area contributed by atoms with Gasteiger partial charge >= 0.3 is 0 Å². The minimum absolute atomic E-state index is 0.293. The molecule has 0 spiro atoms. The number of aldehydes is 1. The summed E-state index contributed by atoms with van der Waals surface area (Å²) in [5, 5.41) is 12.6. The number of halogens is 1. The molecule has 1 aromatic heterocycles. The molecule has 0 aliphatic carbocycles. The molecule has 27 heavy (non-hydrogen) atoms. The van der Waals surface area contributed by atoms with Gasteiger partial charge < -0.3 is 14.8 Å². The summed E-state index contributed by atoms with van der Waals surface area (Å²) in [5.74, 6) is 0. The van der Waals surface area contributed by atoms with Crippen LogP contribution in [0.2, 0.25) is 5.02 Å². The molecule has 4 rings (SSSR count). The number of hydrogen-bond acceptors (Lipinski definition) is 4. The maximum Gasteiger partial charge on any atom is 0.124 e. The van der Waals surface area contributed by atoms with E-state index in [-0.39, 0.29) is 0 Å². The number of hydrogen-bond donors (Lipinski definition) is 1. The molecule has 5 heteroatoms. The van der Waals surface area contributed by atoms with E-state index in [1.165, 1.54) is 0 Å². The van der Waals surface area contributed by atoms with Crippen molar-refractivity contribution in [1.29, 1.82) is 0 Å². The minimum atomic E-state index is -0.821. The van der Waals surface area contributed by atoms with E-state index in [0.717, 1.165) is 34.0 Å². The van der Waals surface area contributed by atoms with E-state index in [4.69, 9.17) is 11.6 Å². The molecule has 0 atom stereocenters. The molecule has 1 aliphatic rings. The second kappa shape index (κ2) is 7.29. The topological polar surface area (TPSA) is 53.4 Å². The van der Waals surface area contributed by atoms with E-state index in [9.17, 15) is 9.90 Å². The van der Waals surface area contributed by atoms with Crippen molar-refractivity contribution < 1.29 is 9.90 Å². The van der Waals surface area contributed by atoms with Crippen molar-refractivity contribution >= 4 is 34.5 Å². The van der Waals surface area contributed by atoms with Crippen molar-refractivity contribution in [1.82, 2.24) is 4.98 Å². The van der Waals surface area contributed by atoms with Gasteiger partial charge in [-0.15, -0.1) is 0 Å². The number of aliphatic hydroxyl groups is 1. The number of carbonyl (C=O) groups is 1. The largest absolute Gasteiger partial charge is 0.385 e. The van der Waals surface area contributed by atoms with Crippen molar-refractivity contribution in [2.45, 2.75) is 24.9 Å². The Bertz CT molecular complexity index is 967. The van der Waals surface area contributed by atoms with Gasteiger partial charge in [0.15, 0.2) is 0 Å². The number of fused-ring (bicyclic) bond motifs is 1. The fourth-order valence-electron chi connectivity index (χ4n) is 3.97. The van der Waals surface area contributed by atoms with Crippen LogP contribution in [0.4, 0.5) is 5.69 Å². The Hall–Kier alpha value is -2.43. The molecule has 0 saturated carbocycles. The predicted molar refractivity (Wildman–Crippen MR) is 108 cm³/mol. The average molecular weight is 381 g/mol. The van der Waals surface area contributed by atoms with Gasteiger partial charge in [0.25, 0.3) is 0 Å². The lowest BCUT2D eigenvalue weighted by molar-refractivity contribution is -0.107. The summed E-state index contributed by atoms with van der Waals surface area (Å²) in [4.78, 5) is 18.0. The fraction of sp³-hybridized carbons (Fsp3) is 0.273. The molecule has 3 aromatic rings. The highest BCUT2D eigenvalue weighted by molar-refractivity contribution is 6.36. The van der Waals surface area contributed by atoms with Crippen LogP contribution in [-0.2, 0) is 16.8 Å². The van der Waals surface area contributed by atoms with Gasteiger partial charge in [0, 0.05) is 31.1 Å². The van der Waals surface area contributed by atoms with Crippen LogP contribution in [0.25, 0.3) is 10.9 Å². The first-order valence-electron chi connectivity index (χ1n) is 9.15. The molecule has 0 amide bonds. The first-order valence-corrected chi connectivity index (χ1v) is 9.53. The number of rotatable bonds is 4. The number of carbonyl (C=O) groups excluding carboxylic acids is 1. The molecule has 2 heterocycles. The van der Waals surface area contributed by atoms with Crippen molar-refractivity contribution in [3.63, 3.8) is 0 Å². The first kappa shape index (κ1) is 18.0. The lowest BCUT2D eigenvalue weighted by Gasteiger charge is -2.40. The maximum absolute atomic E-state index is 11.2. The Labute approximate surface area is 163 Å². The van der Waals surface area contributed by atoms with Crippen LogP contribution in [0.1, 0.15) is 24.0 Å². The molecule has 1 N–H and O–H groups in total. The SMILES string of the molecule is O=CCc1cc(Cl)c2cccnc2c1N1CCC(O)(c2ccccc2)CC1. The monoisotopic (exact) mass is 380 g/mol. The van der Waals surface area contributed by atoms with Crippen LogP contribution in [0.15, 0.2) is 54.7 Å². The summed E-state index contributed by atoms with van der Waals surface area (Å²) in [6.45, 7) is 1.37. The van der Waals surface area contributed by atoms with Crippen molar-refractivity contribution in [3.05, 3.63) is 70.9 Å². The average Bonchev–Trinajstić information content (AvgIpc) is 2.70. The number of benzene rings is 2. The fourth-order valence-corrected chi connectivity index (χ4v) is 4.26. The summed E-state index contributed by atoms with van der Waals surface area (Å²) in [6, 6.07) is 15.5. The summed E-state index contributed by atoms with van der Waals surface area (Å²) >= 11 is 6.42. The molecular weight excluding hydrogens is 360 g/mol. The Morgan fingerprint density at radius 1 is 1.15 bits per heavy atom. The lowest BCUT2D eigenvalue weighted by atomic mass is 9.84. The van der Waals surface area contributed by atoms with E-state index in [2.05, 4.69) is 9.88 Å². The molecule has 1 saturated heterocycles. The predicted octanol–water partition coefficient (Wildman–Crippen LogP) is 4.12. The third-order valence-electron chi connectivity index (χ3n) is 5.42.